The van der Waals surface area contributed by atoms with Crippen LogP contribution in [0.3, 0.4) is 0 Å². The smallest absolute Gasteiger partial charge is 0.262 e. The average molecular weight is 461 g/mol. The lowest BCUT2D eigenvalue weighted by molar-refractivity contribution is -0.118. The molecular weight excluding hydrogens is 428 g/mol. The number of carbonyl (C=O) groups is 1. The molecule has 1 N–H and O–H groups in total. The van der Waals surface area contributed by atoms with Crippen LogP contribution in [0.5, 0.6) is 11.5 Å². The normalized spacial score (nSPS) is 14.7. The molecule has 1 aliphatic heterocycles. The fourth-order valence-electron chi connectivity index (χ4n) is 3.85. The van der Waals surface area contributed by atoms with Crippen LogP contribution < -0.4 is 14.8 Å². The average Bonchev–Trinajstić information content (AvgIpc) is 3.04. The second-order valence-corrected chi connectivity index (χ2v) is 10.6. The maximum Gasteiger partial charge on any atom is 0.262 e. The van der Waals surface area contributed by atoms with Gasteiger partial charge in [0.05, 0.1) is 4.90 Å². The van der Waals surface area contributed by atoms with E-state index in [2.05, 4.69) is 5.32 Å². The molecule has 32 heavy (non-hydrogen) atoms. The molecule has 7 nitrogen and oxygen atoms in total. The summed E-state index contributed by atoms with van der Waals surface area (Å²) in [5.41, 5.74) is 2.79. The van der Waals surface area contributed by atoms with Gasteiger partial charge in [-0.05, 0) is 57.0 Å². The summed E-state index contributed by atoms with van der Waals surface area (Å²) in [4.78, 5) is 12.8. The second kappa shape index (κ2) is 9.11. The number of sulfonamides is 1. The molecule has 0 unspecified atom stereocenters. The quantitative estimate of drug-likeness (QED) is 0.642. The molecule has 2 aromatic carbocycles. The topological polar surface area (TPSA) is 84.9 Å². The molecule has 2 aromatic rings. The van der Waals surface area contributed by atoms with Gasteiger partial charge in [0.2, 0.25) is 10.0 Å². The third-order valence-electron chi connectivity index (χ3n) is 5.67. The Morgan fingerprint density at radius 2 is 1.88 bits per heavy atom. The molecular formula is C24H32N2O5S. The molecule has 1 heterocycles. The van der Waals surface area contributed by atoms with Crippen LogP contribution in [0.15, 0.2) is 35.2 Å². The lowest BCUT2D eigenvalue weighted by atomic mass is 10.0. The predicted octanol–water partition coefficient (Wildman–Crippen LogP) is 4.06. The van der Waals surface area contributed by atoms with Crippen LogP contribution in [0.2, 0.25) is 0 Å². The minimum absolute atomic E-state index is 0.164. The van der Waals surface area contributed by atoms with Gasteiger partial charge >= 0.3 is 0 Å². The summed E-state index contributed by atoms with van der Waals surface area (Å²) in [7, 11) is -3.64. The molecule has 0 saturated heterocycles. The van der Waals surface area contributed by atoms with Crippen molar-refractivity contribution in [2.45, 2.75) is 58.5 Å². The van der Waals surface area contributed by atoms with Gasteiger partial charge in [-0.25, -0.2) is 8.42 Å². The van der Waals surface area contributed by atoms with E-state index >= 15 is 0 Å². The molecule has 1 amide bonds. The minimum Gasteiger partial charge on any atom is -0.483 e. The third kappa shape index (κ3) is 4.91. The van der Waals surface area contributed by atoms with Gasteiger partial charge in [-0.2, -0.15) is 4.31 Å². The number of aryl methyl sites for hydroxylation is 1. The van der Waals surface area contributed by atoms with Crippen molar-refractivity contribution in [3.63, 3.8) is 0 Å². The van der Waals surface area contributed by atoms with E-state index in [-0.39, 0.29) is 23.0 Å². The molecule has 174 valence electrons. The number of para-hydroxylation sites is 1. The number of amides is 1. The van der Waals surface area contributed by atoms with Crippen molar-refractivity contribution < 1.29 is 22.7 Å². The molecule has 0 atom stereocenters. The lowest BCUT2D eigenvalue weighted by Crippen LogP contribution is -2.31. The van der Waals surface area contributed by atoms with E-state index in [1.54, 1.807) is 26.0 Å². The third-order valence-corrected chi connectivity index (χ3v) is 7.70. The van der Waals surface area contributed by atoms with E-state index in [4.69, 9.17) is 9.47 Å². The van der Waals surface area contributed by atoms with E-state index in [0.717, 1.165) is 23.1 Å². The SMILES string of the molecule is CCN(CC)S(=O)(=O)c1cc(C)c(C)c(NC(=O)COc2cccc3c2OC(C)(C)C3)c1. The van der Waals surface area contributed by atoms with Crippen molar-refractivity contribution in [2.75, 3.05) is 25.0 Å². The van der Waals surface area contributed by atoms with Crippen LogP contribution in [0.25, 0.3) is 0 Å². The van der Waals surface area contributed by atoms with Gasteiger partial charge in [-0.15, -0.1) is 0 Å². The highest BCUT2D eigenvalue weighted by molar-refractivity contribution is 7.89. The van der Waals surface area contributed by atoms with Gasteiger partial charge in [-0.1, -0.05) is 26.0 Å². The van der Waals surface area contributed by atoms with E-state index in [9.17, 15) is 13.2 Å². The summed E-state index contributed by atoms with van der Waals surface area (Å²) >= 11 is 0. The predicted molar refractivity (Wildman–Crippen MR) is 125 cm³/mol. The molecule has 0 aromatic heterocycles. The van der Waals surface area contributed by atoms with Crippen LogP contribution in [0.1, 0.15) is 44.4 Å². The number of carbonyl (C=O) groups excluding carboxylic acids is 1. The fourth-order valence-corrected chi connectivity index (χ4v) is 5.42. The highest BCUT2D eigenvalue weighted by Gasteiger charge is 2.32. The van der Waals surface area contributed by atoms with E-state index in [1.165, 1.54) is 10.4 Å². The number of ether oxygens (including phenoxy) is 2. The monoisotopic (exact) mass is 460 g/mol. The first-order chi connectivity index (χ1) is 15.0. The summed E-state index contributed by atoms with van der Waals surface area (Å²) in [5.74, 6) is 0.818. The minimum atomic E-state index is -3.64. The van der Waals surface area contributed by atoms with Crippen LogP contribution in [-0.4, -0.2) is 43.9 Å². The number of rotatable bonds is 8. The second-order valence-electron chi connectivity index (χ2n) is 8.62. The van der Waals surface area contributed by atoms with Gasteiger partial charge in [-0.3, -0.25) is 4.79 Å². The number of fused-ring (bicyclic) bond motifs is 1. The number of benzene rings is 2. The number of nitrogens with zero attached hydrogens (tertiary/aromatic N) is 1. The molecule has 0 aliphatic carbocycles. The standard InChI is InChI=1S/C24H32N2O5S/c1-7-26(8-2)32(28,29)19-12-16(3)17(4)20(13-19)25-22(27)15-30-21-11-9-10-18-14-24(5,6)31-23(18)21/h9-13H,7-8,14-15H2,1-6H3,(H,25,27). The maximum absolute atomic E-state index is 12.9. The maximum atomic E-state index is 12.9. The first kappa shape index (κ1) is 24.1. The molecule has 0 saturated carbocycles. The molecule has 8 heteroatoms. The van der Waals surface area contributed by atoms with Gasteiger partial charge < -0.3 is 14.8 Å². The van der Waals surface area contributed by atoms with Gasteiger partial charge in [0.15, 0.2) is 18.1 Å². The van der Waals surface area contributed by atoms with E-state index in [1.807, 2.05) is 39.8 Å². The van der Waals surface area contributed by atoms with E-state index < -0.39 is 10.0 Å². The van der Waals surface area contributed by atoms with Crippen molar-refractivity contribution in [3.8, 4) is 11.5 Å². The van der Waals surface area contributed by atoms with Crippen LogP contribution in [0.4, 0.5) is 5.69 Å². The molecule has 0 fully saturated rings. The van der Waals surface area contributed by atoms with Crippen molar-refractivity contribution in [2.24, 2.45) is 0 Å². The van der Waals surface area contributed by atoms with Crippen molar-refractivity contribution in [1.82, 2.24) is 4.31 Å². The summed E-state index contributed by atoms with van der Waals surface area (Å²) in [5, 5.41) is 2.80. The van der Waals surface area contributed by atoms with Gasteiger partial charge in [0.1, 0.15) is 5.60 Å². The summed E-state index contributed by atoms with van der Waals surface area (Å²) in [6.07, 6.45) is 0.776. The van der Waals surface area contributed by atoms with Crippen LogP contribution >= 0.6 is 0 Å². The zero-order valence-electron chi connectivity index (χ0n) is 19.6. The summed E-state index contributed by atoms with van der Waals surface area (Å²) < 4.78 is 39.0. The Hall–Kier alpha value is -2.58. The molecule has 0 bridgehead atoms. The lowest BCUT2D eigenvalue weighted by Gasteiger charge is -2.20. The van der Waals surface area contributed by atoms with Gasteiger partial charge in [0, 0.05) is 30.8 Å². The fraction of sp³-hybridized carbons (Fsp3) is 0.458. The largest absolute Gasteiger partial charge is 0.483 e. The molecule has 3 rings (SSSR count). The molecule has 1 aliphatic rings. The Morgan fingerprint density at radius 3 is 2.53 bits per heavy atom. The zero-order chi connectivity index (χ0) is 23.7. The molecule has 0 radical (unpaired) electrons. The Labute approximate surface area is 190 Å². The Kier molecular flexibility index (Phi) is 6.86. The Morgan fingerprint density at radius 1 is 1.19 bits per heavy atom. The van der Waals surface area contributed by atoms with Crippen molar-refractivity contribution in [1.29, 1.82) is 0 Å². The first-order valence-electron chi connectivity index (χ1n) is 10.8. The van der Waals surface area contributed by atoms with Crippen LogP contribution in [0, 0.1) is 13.8 Å². The Balaban J connectivity index is 1.77. The number of nitrogens with one attached hydrogen (secondary N) is 1. The highest BCUT2D eigenvalue weighted by atomic mass is 32.2. The van der Waals surface area contributed by atoms with Crippen molar-refractivity contribution in [3.05, 3.63) is 47.0 Å². The number of hydrogen-bond donors (Lipinski definition) is 1. The summed E-state index contributed by atoms with van der Waals surface area (Å²) in [6.45, 7) is 11.8. The number of hydrogen-bond acceptors (Lipinski definition) is 5. The highest BCUT2D eigenvalue weighted by Crippen LogP contribution is 2.41. The zero-order valence-corrected chi connectivity index (χ0v) is 20.4. The molecule has 0 spiro atoms. The van der Waals surface area contributed by atoms with Crippen molar-refractivity contribution >= 4 is 21.6 Å². The Bertz CT molecular complexity index is 1120. The van der Waals surface area contributed by atoms with Crippen LogP contribution in [-0.2, 0) is 21.2 Å². The number of anilines is 1. The first-order valence-corrected chi connectivity index (χ1v) is 12.3. The van der Waals surface area contributed by atoms with E-state index in [0.29, 0.717) is 30.3 Å². The van der Waals surface area contributed by atoms with Gasteiger partial charge in [0.25, 0.3) is 5.91 Å². The summed E-state index contributed by atoms with van der Waals surface area (Å²) in [6, 6.07) is 8.80.